The van der Waals surface area contributed by atoms with Crippen LogP contribution in [0.3, 0.4) is 0 Å². The van der Waals surface area contributed by atoms with E-state index in [0.29, 0.717) is 16.9 Å². The smallest absolute Gasteiger partial charge is 0.324 e. The summed E-state index contributed by atoms with van der Waals surface area (Å²) in [6.07, 6.45) is -0.943. The molecule has 2 atom stereocenters. The van der Waals surface area contributed by atoms with Crippen molar-refractivity contribution in [3.63, 3.8) is 0 Å². The second-order valence-electron chi connectivity index (χ2n) is 11.2. The molecule has 1 aliphatic rings. The monoisotopic (exact) mass is 640 g/mol. The number of esters is 1. The summed E-state index contributed by atoms with van der Waals surface area (Å²) in [6, 6.07) is 23.4. The van der Waals surface area contributed by atoms with Crippen molar-refractivity contribution in [2.45, 2.75) is 42.9 Å². The van der Waals surface area contributed by atoms with Gasteiger partial charge in [0.1, 0.15) is 11.8 Å². The molecule has 1 aliphatic heterocycles. The molecule has 0 aliphatic carbocycles. The van der Waals surface area contributed by atoms with E-state index in [1.807, 2.05) is 30.3 Å². The van der Waals surface area contributed by atoms with Crippen LogP contribution in [0.1, 0.15) is 30.5 Å². The lowest BCUT2D eigenvalue weighted by atomic mass is 9.87. The van der Waals surface area contributed by atoms with Gasteiger partial charge < -0.3 is 20.1 Å². The summed E-state index contributed by atoms with van der Waals surface area (Å²) < 4.78 is 40.5. The number of hydrogen-bond donors (Lipinski definition) is 1. The Kier molecular flexibility index (Phi) is 11.2. The molecule has 0 radical (unpaired) electrons. The number of carbonyl (C=O) groups excluding carboxylic acids is 2. The van der Waals surface area contributed by atoms with Gasteiger partial charge in [-0.05, 0) is 59.9 Å². The van der Waals surface area contributed by atoms with Crippen LogP contribution in [0.4, 0.5) is 0 Å². The molecule has 44 heavy (non-hydrogen) atoms. The van der Waals surface area contributed by atoms with Crippen molar-refractivity contribution in [3.8, 4) is 11.8 Å². The fraction of sp³-hybridized carbons (Fsp3) is 0.344. The summed E-state index contributed by atoms with van der Waals surface area (Å²) in [7, 11) is -0.747. The van der Waals surface area contributed by atoms with E-state index in [9.17, 15) is 18.0 Å². The lowest BCUT2D eigenvalue weighted by molar-refractivity contribution is -0.163. The quantitative estimate of drug-likeness (QED) is 0.314. The highest BCUT2D eigenvalue weighted by molar-refractivity contribution is 7.89. The fourth-order valence-corrected chi connectivity index (χ4v) is 6.43. The number of sulfonamides is 1. The van der Waals surface area contributed by atoms with Gasteiger partial charge in [0.2, 0.25) is 10.0 Å². The van der Waals surface area contributed by atoms with Crippen LogP contribution in [-0.2, 0) is 36.4 Å². The van der Waals surface area contributed by atoms with E-state index in [4.69, 9.17) is 20.5 Å². The SMILES string of the molecule is CC(C)C(OC(=O)[C@@H](N)Cc1cccc(S(=O)(=O)N2CC(Oc3ccc(C#N)cc3)(c3ccccc3)C2)c1)C(=O)N(C)C.Cl. The topological polar surface area (TPSA) is 143 Å². The molecule has 3 aromatic carbocycles. The number of carbonyl (C=O) groups is 2. The molecule has 234 valence electrons. The van der Waals surface area contributed by atoms with E-state index in [-0.39, 0.29) is 48.6 Å². The molecule has 1 fully saturated rings. The van der Waals surface area contributed by atoms with Gasteiger partial charge in [-0.3, -0.25) is 9.59 Å². The third-order valence-corrected chi connectivity index (χ3v) is 9.08. The maximum Gasteiger partial charge on any atom is 0.324 e. The first kappa shape index (κ1) is 34.5. The van der Waals surface area contributed by atoms with Crippen molar-refractivity contribution in [3.05, 3.63) is 95.6 Å². The summed E-state index contributed by atoms with van der Waals surface area (Å²) in [5.41, 5.74) is 7.08. The van der Waals surface area contributed by atoms with E-state index in [1.165, 1.54) is 21.3 Å². The van der Waals surface area contributed by atoms with Crippen LogP contribution in [0.25, 0.3) is 0 Å². The number of rotatable bonds is 11. The zero-order valence-electron chi connectivity index (χ0n) is 25.0. The molecule has 2 N–H and O–H groups in total. The maximum absolute atomic E-state index is 13.7. The van der Waals surface area contributed by atoms with Crippen molar-refractivity contribution in [1.29, 1.82) is 5.26 Å². The van der Waals surface area contributed by atoms with Crippen LogP contribution in [0.5, 0.6) is 5.75 Å². The molecule has 3 aromatic rings. The molecule has 1 heterocycles. The fourth-order valence-electron chi connectivity index (χ4n) is 4.82. The summed E-state index contributed by atoms with van der Waals surface area (Å²) in [4.78, 5) is 26.6. The Morgan fingerprint density at radius 2 is 1.66 bits per heavy atom. The van der Waals surface area contributed by atoms with Gasteiger partial charge in [-0.1, -0.05) is 56.3 Å². The zero-order chi connectivity index (χ0) is 31.4. The van der Waals surface area contributed by atoms with Gasteiger partial charge in [0.25, 0.3) is 5.91 Å². The number of nitrogens with zero attached hydrogens (tertiary/aromatic N) is 3. The molecule has 0 saturated carbocycles. The third-order valence-electron chi connectivity index (χ3n) is 7.29. The summed E-state index contributed by atoms with van der Waals surface area (Å²) in [6.45, 7) is 3.70. The number of nitrogens with two attached hydrogens (primary N) is 1. The molecule has 0 aromatic heterocycles. The largest absolute Gasteiger partial charge is 0.480 e. The van der Waals surface area contributed by atoms with Crippen molar-refractivity contribution in [2.75, 3.05) is 27.2 Å². The van der Waals surface area contributed by atoms with Crippen molar-refractivity contribution < 1.29 is 27.5 Å². The van der Waals surface area contributed by atoms with Crippen LogP contribution in [0.2, 0.25) is 0 Å². The predicted molar refractivity (Wildman–Crippen MR) is 167 cm³/mol. The summed E-state index contributed by atoms with van der Waals surface area (Å²) >= 11 is 0. The standard InChI is InChI=1S/C32H36N4O6S.ClH/c1-22(2)29(30(37)35(3)4)41-31(38)28(34)18-24-9-8-12-27(17-24)43(39,40)36-20-32(21-36,25-10-6-5-7-11-25)42-26-15-13-23(19-33)14-16-26;/h5-17,22,28-29H,18,20-21,34H2,1-4H3;1H/t28-,29?;/m0./s1. The van der Waals surface area contributed by atoms with E-state index in [0.717, 1.165) is 5.56 Å². The molecule has 1 unspecified atom stereocenters. The molecule has 10 nitrogen and oxygen atoms in total. The van der Waals surface area contributed by atoms with E-state index in [1.54, 1.807) is 64.3 Å². The highest BCUT2D eigenvalue weighted by Crippen LogP contribution is 2.40. The predicted octanol–water partition coefficient (Wildman–Crippen LogP) is 3.48. The number of halogens is 1. The van der Waals surface area contributed by atoms with Crippen LogP contribution in [0.15, 0.2) is 83.8 Å². The van der Waals surface area contributed by atoms with Gasteiger partial charge in [-0.2, -0.15) is 9.57 Å². The Bertz CT molecular complexity index is 1600. The van der Waals surface area contributed by atoms with Gasteiger partial charge in [-0.25, -0.2) is 8.42 Å². The number of ether oxygens (including phenoxy) is 2. The Hall–Kier alpha value is -3.95. The number of nitriles is 1. The second-order valence-corrected chi connectivity index (χ2v) is 13.1. The van der Waals surface area contributed by atoms with Crippen LogP contribution in [-0.4, -0.2) is 68.8 Å². The molecular weight excluding hydrogens is 604 g/mol. The molecule has 0 bridgehead atoms. The van der Waals surface area contributed by atoms with E-state index in [2.05, 4.69) is 6.07 Å². The van der Waals surface area contributed by atoms with Crippen LogP contribution in [0, 0.1) is 17.2 Å². The highest BCUT2D eigenvalue weighted by atomic mass is 35.5. The van der Waals surface area contributed by atoms with Crippen LogP contribution < -0.4 is 10.5 Å². The molecular formula is C32H37ClN4O6S. The second kappa shape index (κ2) is 14.2. The Morgan fingerprint density at radius 1 is 1.02 bits per heavy atom. The Morgan fingerprint density at radius 3 is 2.23 bits per heavy atom. The molecule has 1 amide bonds. The molecule has 4 rings (SSSR count). The number of hydrogen-bond acceptors (Lipinski definition) is 8. The lowest BCUT2D eigenvalue weighted by Crippen LogP contribution is -2.64. The minimum absolute atomic E-state index is 0. The number of likely N-dealkylation sites (N-methyl/N-ethyl adjacent to an activating group) is 1. The van der Waals surface area contributed by atoms with Gasteiger partial charge in [0, 0.05) is 14.1 Å². The van der Waals surface area contributed by atoms with Gasteiger partial charge >= 0.3 is 5.97 Å². The summed E-state index contributed by atoms with van der Waals surface area (Å²) in [5, 5.41) is 9.11. The minimum atomic E-state index is -3.91. The Balaban J connectivity index is 0.00000529. The van der Waals surface area contributed by atoms with Gasteiger partial charge in [0.05, 0.1) is 29.6 Å². The minimum Gasteiger partial charge on any atom is -0.480 e. The lowest BCUT2D eigenvalue weighted by Gasteiger charge is -2.48. The van der Waals surface area contributed by atoms with Gasteiger partial charge in [-0.15, -0.1) is 12.4 Å². The normalized spacial score (nSPS) is 15.6. The number of benzene rings is 3. The first-order chi connectivity index (χ1) is 20.4. The zero-order valence-corrected chi connectivity index (χ0v) is 26.7. The van der Waals surface area contributed by atoms with Crippen LogP contribution >= 0.6 is 12.4 Å². The first-order valence-corrected chi connectivity index (χ1v) is 15.3. The molecule has 12 heteroatoms. The first-order valence-electron chi connectivity index (χ1n) is 13.9. The molecule has 0 spiro atoms. The van der Waals surface area contributed by atoms with E-state index < -0.39 is 33.7 Å². The Labute approximate surface area is 264 Å². The third kappa shape index (κ3) is 7.57. The van der Waals surface area contributed by atoms with Crippen molar-refractivity contribution >= 4 is 34.3 Å². The van der Waals surface area contributed by atoms with Crippen molar-refractivity contribution in [2.24, 2.45) is 11.7 Å². The van der Waals surface area contributed by atoms with E-state index >= 15 is 0 Å². The van der Waals surface area contributed by atoms with Crippen molar-refractivity contribution in [1.82, 2.24) is 9.21 Å². The maximum atomic E-state index is 13.7. The average Bonchev–Trinajstić information content (AvgIpc) is 2.97. The highest BCUT2D eigenvalue weighted by Gasteiger charge is 2.52. The summed E-state index contributed by atoms with van der Waals surface area (Å²) in [5.74, 6) is -0.805. The number of amides is 1. The average molecular weight is 641 g/mol. The molecule has 1 saturated heterocycles. The van der Waals surface area contributed by atoms with Gasteiger partial charge in [0.15, 0.2) is 11.7 Å².